The van der Waals surface area contributed by atoms with E-state index in [2.05, 4.69) is 0 Å². The molecule has 0 amide bonds. The number of hydrogen-bond donors (Lipinski definition) is 2. The van der Waals surface area contributed by atoms with Gasteiger partial charge in [-0.15, -0.1) is 0 Å². The first-order valence-corrected chi connectivity index (χ1v) is 4.24. The summed E-state index contributed by atoms with van der Waals surface area (Å²) in [6.07, 6.45) is -1.06. The summed E-state index contributed by atoms with van der Waals surface area (Å²) < 4.78 is 12.9. The number of carboxylic acid groups (broad SMARTS) is 1. The minimum absolute atomic E-state index is 0.0781. The second-order valence-electron chi connectivity index (χ2n) is 2.99. The molecular weight excluding hydrogens is 187 g/mol. The molecule has 76 valence electrons. The van der Waals surface area contributed by atoms with Crippen molar-refractivity contribution >= 4 is 5.97 Å². The Labute approximate surface area is 80.8 Å². The largest absolute Gasteiger partial charge is 0.479 e. The Bertz CT molecular complexity index is 349. The van der Waals surface area contributed by atoms with Crippen LogP contribution in [0.3, 0.4) is 0 Å². The molecule has 1 atom stereocenters. The lowest BCUT2D eigenvalue weighted by Crippen LogP contribution is -2.11. The van der Waals surface area contributed by atoms with Gasteiger partial charge in [-0.05, 0) is 29.7 Å². The first kappa shape index (κ1) is 10.7. The molecule has 0 saturated carbocycles. The topological polar surface area (TPSA) is 57.5 Å². The van der Waals surface area contributed by atoms with E-state index < -0.39 is 17.9 Å². The Morgan fingerprint density at radius 1 is 1.50 bits per heavy atom. The van der Waals surface area contributed by atoms with Crippen LogP contribution in [-0.4, -0.2) is 16.2 Å². The van der Waals surface area contributed by atoms with Crippen LogP contribution in [0.15, 0.2) is 18.2 Å². The maximum Gasteiger partial charge on any atom is 0.337 e. The number of aryl methyl sites for hydroxylation is 1. The molecule has 0 radical (unpaired) electrons. The zero-order chi connectivity index (χ0) is 10.7. The summed E-state index contributed by atoms with van der Waals surface area (Å²) in [7, 11) is 0. The van der Waals surface area contributed by atoms with E-state index in [-0.39, 0.29) is 5.56 Å². The monoisotopic (exact) mass is 198 g/mol. The second-order valence-corrected chi connectivity index (χ2v) is 2.99. The number of hydrogen-bond acceptors (Lipinski definition) is 2. The van der Waals surface area contributed by atoms with Gasteiger partial charge >= 0.3 is 5.97 Å². The fraction of sp³-hybridized carbons (Fsp3) is 0.300. The number of halogens is 1. The molecule has 14 heavy (non-hydrogen) atoms. The van der Waals surface area contributed by atoms with E-state index in [4.69, 9.17) is 5.11 Å². The highest BCUT2D eigenvalue weighted by Gasteiger charge is 2.16. The van der Waals surface area contributed by atoms with E-state index in [0.29, 0.717) is 12.0 Å². The molecular formula is C10H11FO3. The lowest BCUT2D eigenvalue weighted by molar-refractivity contribution is -0.146. The Hall–Kier alpha value is -1.42. The molecule has 0 aliphatic carbocycles. The van der Waals surface area contributed by atoms with Crippen molar-refractivity contribution in [2.45, 2.75) is 19.4 Å². The van der Waals surface area contributed by atoms with Gasteiger partial charge in [0.2, 0.25) is 0 Å². The number of benzene rings is 1. The highest BCUT2D eigenvalue weighted by molar-refractivity contribution is 5.74. The summed E-state index contributed by atoms with van der Waals surface area (Å²) in [4.78, 5) is 10.4. The third-order valence-electron chi connectivity index (χ3n) is 1.94. The molecule has 1 aromatic rings. The summed E-state index contributed by atoms with van der Waals surface area (Å²) in [6.45, 7) is 1.83. The molecule has 1 aromatic carbocycles. The Balaban J connectivity index is 3.08. The maximum atomic E-state index is 12.9. The van der Waals surface area contributed by atoms with E-state index in [1.54, 1.807) is 0 Å². The van der Waals surface area contributed by atoms with Crippen LogP contribution in [0.4, 0.5) is 4.39 Å². The van der Waals surface area contributed by atoms with Gasteiger partial charge in [0.1, 0.15) is 5.82 Å². The molecule has 0 bridgehead atoms. The van der Waals surface area contributed by atoms with Crippen molar-refractivity contribution < 1.29 is 19.4 Å². The van der Waals surface area contributed by atoms with E-state index in [0.717, 1.165) is 6.07 Å². The van der Waals surface area contributed by atoms with E-state index >= 15 is 0 Å². The number of aliphatic hydroxyl groups excluding tert-OH is 1. The van der Waals surface area contributed by atoms with Crippen molar-refractivity contribution in [2.75, 3.05) is 0 Å². The fourth-order valence-corrected chi connectivity index (χ4v) is 1.18. The molecule has 3 nitrogen and oxygen atoms in total. The highest BCUT2D eigenvalue weighted by atomic mass is 19.1. The van der Waals surface area contributed by atoms with Crippen molar-refractivity contribution in [2.24, 2.45) is 0 Å². The number of rotatable bonds is 3. The van der Waals surface area contributed by atoms with Gasteiger partial charge in [0.15, 0.2) is 6.10 Å². The summed E-state index contributed by atoms with van der Waals surface area (Å²) in [6, 6.07) is 3.83. The van der Waals surface area contributed by atoms with Crippen molar-refractivity contribution in [1.29, 1.82) is 0 Å². The molecule has 0 spiro atoms. The van der Waals surface area contributed by atoms with Crippen LogP contribution < -0.4 is 0 Å². The van der Waals surface area contributed by atoms with Crippen LogP contribution in [0.5, 0.6) is 0 Å². The van der Waals surface area contributed by atoms with Gasteiger partial charge in [-0.1, -0.05) is 13.0 Å². The molecule has 1 rings (SSSR count). The predicted molar refractivity (Wildman–Crippen MR) is 48.4 cm³/mol. The van der Waals surface area contributed by atoms with Crippen LogP contribution in [0, 0.1) is 5.82 Å². The smallest absolute Gasteiger partial charge is 0.337 e. The Morgan fingerprint density at radius 3 is 2.64 bits per heavy atom. The molecule has 0 saturated heterocycles. The zero-order valence-corrected chi connectivity index (χ0v) is 7.70. The maximum absolute atomic E-state index is 12.9. The average molecular weight is 198 g/mol. The van der Waals surface area contributed by atoms with Crippen molar-refractivity contribution in [1.82, 2.24) is 0 Å². The zero-order valence-electron chi connectivity index (χ0n) is 7.70. The van der Waals surface area contributed by atoms with Crippen molar-refractivity contribution in [3.63, 3.8) is 0 Å². The first-order valence-electron chi connectivity index (χ1n) is 4.24. The fourth-order valence-electron chi connectivity index (χ4n) is 1.18. The van der Waals surface area contributed by atoms with Crippen LogP contribution >= 0.6 is 0 Å². The molecule has 0 aliphatic rings. The lowest BCUT2D eigenvalue weighted by atomic mass is 10.0. The molecule has 4 heteroatoms. The third kappa shape index (κ3) is 2.29. The van der Waals surface area contributed by atoms with Crippen LogP contribution in [-0.2, 0) is 11.2 Å². The Kier molecular flexibility index (Phi) is 3.19. The summed E-state index contributed by atoms with van der Waals surface area (Å²) in [5, 5.41) is 17.7. The molecule has 0 heterocycles. The van der Waals surface area contributed by atoms with Gasteiger partial charge in [-0.3, -0.25) is 0 Å². The molecule has 2 N–H and O–H groups in total. The number of aliphatic carboxylic acids is 1. The third-order valence-corrected chi connectivity index (χ3v) is 1.94. The van der Waals surface area contributed by atoms with E-state index in [1.165, 1.54) is 12.1 Å². The molecule has 1 unspecified atom stereocenters. The normalized spacial score (nSPS) is 12.5. The quantitative estimate of drug-likeness (QED) is 0.773. The number of carbonyl (C=O) groups is 1. The molecule has 0 fully saturated rings. The highest BCUT2D eigenvalue weighted by Crippen LogP contribution is 2.17. The van der Waals surface area contributed by atoms with Crippen molar-refractivity contribution in [3.8, 4) is 0 Å². The minimum atomic E-state index is -1.66. The number of carboxylic acids is 1. The minimum Gasteiger partial charge on any atom is -0.479 e. The molecule has 0 aliphatic heterocycles. The lowest BCUT2D eigenvalue weighted by Gasteiger charge is -2.07. The SMILES string of the molecule is CCc1cc(F)cc(C(O)C(=O)O)c1. The summed E-state index contributed by atoms with van der Waals surface area (Å²) >= 11 is 0. The summed E-state index contributed by atoms with van der Waals surface area (Å²) in [5.74, 6) is -1.91. The summed E-state index contributed by atoms with van der Waals surface area (Å²) in [5.41, 5.74) is 0.745. The first-order chi connectivity index (χ1) is 6.54. The second kappa shape index (κ2) is 4.19. The van der Waals surface area contributed by atoms with Crippen LogP contribution in [0.25, 0.3) is 0 Å². The van der Waals surface area contributed by atoms with Gasteiger partial charge in [0, 0.05) is 0 Å². The number of aliphatic hydroxyl groups is 1. The Morgan fingerprint density at radius 2 is 2.14 bits per heavy atom. The standard InChI is InChI=1S/C10H11FO3/c1-2-6-3-7(5-8(11)4-6)9(12)10(13)14/h3-5,9,12H,2H2,1H3,(H,13,14). The van der Waals surface area contributed by atoms with E-state index in [1.807, 2.05) is 6.92 Å². The van der Waals surface area contributed by atoms with Crippen LogP contribution in [0.1, 0.15) is 24.2 Å². The van der Waals surface area contributed by atoms with Gasteiger partial charge in [0.05, 0.1) is 0 Å². The van der Waals surface area contributed by atoms with Gasteiger partial charge in [-0.25, -0.2) is 9.18 Å². The van der Waals surface area contributed by atoms with Gasteiger partial charge in [-0.2, -0.15) is 0 Å². The van der Waals surface area contributed by atoms with Gasteiger partial charge < -0.3 is 10.2 Å². The van der Waals surface area contributed by atoms with Gasteiger partial charge in [0.25, 0.3) is 0 Å². The predicted octanol–water partition coefficient (Wildman–Crippen LogP) is 1.51. The molecule has 0 aromatic heterocycles. The van der Waals surface area contributed by atoms with E-state index in [9.17, 15) is 14.3 Å². The average Bonchev–Trinajstić information content (AvgIpc) is 2.15. The van der Waals surface area contributed by atoms with Crippen molar-refractivity contribution in [3.05, 3.63) is 35.1 Å². The van der Waals surface area contributed by atoms with Crippen LogP contribution in [0.2, 0.25) is 0 Å².